The molecule has 4 heterocycles. The molecule has 0 bridgehead atoms. The minimum atomic E-state index is -1.17. The number of carbonyl (C=O) groups is 1. The Morgan fingerprint density at radius 3 is 2.82 bits per heavy atom. The number of aryl methyl sites for hydroxylation is 1. The molecule has 2 aromatic heterocycles. The molecule has 3 N–H and O–H groups in total. The van der Waals surface area contributed by atoms with E-state index in [0.29, 0.717) is 35.4 Å². The quantitative estimate of drug-likeness (QED) is 0.530. The summed E-state index contributed by atoms with van der Waals surface area (Å²) in [4.78, 5) is 28.1. The van der Waals surface area contributed by atoms with Crippen LogP contribution in [-0.2, 0) is 22.0 Å². The van der Waals surface area contributed by atoms with Gasteiger partial charge in [0.15, 0.2) is 0 Å². The van der Waals surface area contributed by atoms with Gasteiger partial charge < -0.3 is 20.7 Å². The maximum Gasteiger partial charge on any atom is 0.404 e. The second-order valence-electron chi connectivity index (χ2n) is 8.98. The molecule has 1 atom stereocenters. The third kappa shape index (κ3) is 4.62. The summed E-state index contributed by atoms with van der Waals surface area (Å²) in [6.07, 6.45) is 2.84. The third-order valence-corrected chi connectivity index (χ3v) is 8.34. The van der Waals surface area contributed by atoms with Gasteiger partial charge in [0.1, 0.15) is 22.3 Å². The number of thiazole rings is 1. The highest BCUT2D eigenvalue weighted by molar-refractivity contribution is 7.85. The summed E-state index contributed by atoms with van der Waals surface area (Å²) in [6.45, 7) is 5.23. The van der Waals surface area contributed by atoms with Gasteiger partial charge in [-0.2, -0.15) is 4.98 Å². The van der Waals surface area contributed by atoms with E-state index < -0.39 is 22.4 Å². The number of nitrogens with zero attached hydrogens (tertiary/aromatic N) is 4. The third-order valence-electron chi connectivity index (χ3n) is 5.77. The van der Waals surface area contributed by atoms with E-state index in [9.17, 15) is 9.00 Å². The lowest BCUT2D eigenvalue weighted by Gasteiger charge is -2.29. The lowest BCUT2D eigenvalue weighted by Crippen LogP contribution is -2.39. The fraction of sp³-hybridized carbons (Fsp3) is 0.391. The number of anilines is 2. The Morgan fingerprint density at radius 2 is 2.09 bits per heavy atom. The van der Waals surface area contributed by atoms with Gasteiger partial charge in [0.05, 0.1) is 32.2 Å². The second-order valence-corrected chi connectivity index (χ2v) is 11.5. The Bertz CT molecular complexity index is 1290. The van der Waals surface area contributed by atoms with Gasteiger partial charge in [0.25, 0.3) is 0 Å². The van der Waals surface area contributed by atoms with Crippen LogP contribution in [0.25, 0.3) is 15.8 Å². The summed E-state index contributed by atoms with van der Waals surface area (Å²) in [5.41, 5.74) is 7.54. The molecule has 0 aliphatic carbocycles. The van der Waals surface area contributed by atoms with Crippen LogP contribution in [0.2, 0.25) is 0 Å². The number of hydrogen-bond donors (Lipinski definition) is 2. The number of rotatable bonds is 6. The average Bonchev–Trinajstić information content (AvgIpc) is 3.41. The number of nitrogens with one attached hydrogen (secondary N) is 1. The molecule has 1 unspecified atom stereocenters. The number of amides is 1. The fourth-order valence-corrected chi connectivity index (χ4v) is 6.41. The van der Waals surface area contributed by atoms with Crippen LogP contribution in [0.4, 0.5) is 16.6 Å². The number of para-hydroxylation sites is 1. The standard InChI is InChI=1S/C23H26N6O3S2/c1-23(2,13-32-21(24)30)28-19-18-16(9-12-34(18)31)26-22(27-19)29-10-7-14(8-11-29)20-25-15-5-3-4-6-17(15)33-20/h3-7H,8-13H2,1-2H3,(H2,24,30)(H,26,27,28). The molecular formula is C23H26N6O3S2. The summed E-state index contributed by atoms with van der Waals surface area (Å²) in [7, 11) is -1.17. The Kier molecular flexibility index (Phi) is 5.98. The van der Waals surface area contributed by atoms with Crippen molar-refractivity contribution in [1.82, 2.24) is 15.0 Å². The number of benzene rings is 1. The number of carbonyl (C=O) groups excluding carboxylic acids is 1. The van der Waals surface area contributed by atoms with Crippen LogP contribution in [0.15, 0.2) is 35.2 Å². The molecule has 11 heteroatoms. The zero-order valence-electron chi connectivity index (χ0n) is 19.0. The van der Waals surface area contributed by atoms with Gasteiger partial charge in [0.2, 0.25) is 5.95 Å². The lowest BCUT2D eigenvalue weighted by molar-refractivity contribution is 0.138. The van der Waals surface area contributed by atoms with Gasteiger partial charge >= 0.3 is 6.09 Å². The van der Waals surface area contributed by atoms with Crippen LogP contribution in [-0.4, -0.2) is 56.2 Å². The number of ether oxygens (including phenoxy) is 1. The number of fused-ring (bicyclic) bond motifs is 2. The minimum absolute atomic E-state index is 0.0566. The van der Waals surface area contributed by atoms with Gasteiger partial charge in [-0.05, 0) is 38.0 Å². The van der Waals surface area contributed by atoms with E-state index in [1.807, 2.05) is 32.0 Å². The molecular weight excluding hydrogens is 472 g/mol. The summed E-state index contributed by atoms with van der Waals surface area (Å²) < 4.78 is 18.8. The van der Waals surface area contributed by atoms with Crippen molar-refractivity contribution in [2.24, 2.45) is 5.73 Å². The Labute approximate surface area is 203 Å². The van der Waals surface area contributed by atoms with Crippen molar-refractivity contribution in [3.8, 4) is 0 Å². The van der Waals surface area contributed by atoms with Gasteiger partial charge in [-0.1, -0.05) is 18.2 Å². The molecule has 34 heavy (non-hydrogen) atoms. The van der Waals surface area contributed by atoms with E-state index in [4.69, 9.17) is 25.4 Å². The van der Waals surface area contributed by atoms with E-state index in [2.05, 4.69) is 22.4 Å². The molecule has 0 saturated heterocycles. The highest BCUT2D eigenvalue weighted by Crippen LogP contribution is 2.34. The number of nitrogens with two attached hydrogens (primary N) is 1. The Morgan fingerprint density at radius 1 is 1.26 bits per heavy atom. The molecule has 1 aromatic carbocycles. The summed E-state index contributed by atoms with van der Waals surface area (Å²) in [6, 6.07) is 8.18. The van der Waals surface area contributed by atoms with Crippen molar-refractivity contribution >= 4 is 55.8 Å². The number of primary amides is 1. The van der Waals surface area contributed by atoms with E-state index in [1.54, 1.807) is 11.3 Å². The van der Waals surface area contributed by atoms with Crippen molar-refractivity contribution in [2.45, 2.75) is 37.1 Å². The maximum atomic E-state index is 12.7. The molecule has 2 aliphatic heterocycles. The number of aromatic nitrogens is 3. The van der Waals surface area contributed by atoms with E-state index in [1.165, 1.54) is 10.3 Å². The molecule has 0 saturated carbocycles. The molecule has 2 aliphatic rings. The lowest BCUT2D eigenvalue weighted by atomic mass is 10.1. The molecule has 1 amide bonds. The Balaban J connectivity index is 1.39. The minimum Gasteiger partial charge on any atom is -0.447 e. The number of hydrogen-bond acceptors (Lipinski definition) is 9. The normalized spacial score (nSPS) is 18.0. The monoisotopic (exact) mass is 498 g/mol. The first-order chi connectivity index (χ1) is 16.3. The Hall–Kier alpha value is -3.05. The predicted octanol–water partition coefficient (Wildman–Crippen LogP) is 3.33. The molecule has 5 rings (SSSR count). The first kappa shape index (κ1) is 22.7. The van der Waals surface area contributed by atoms with Gasteiger partial charge in [-0.25, -0.2) is 14.8 Å². The van der Waals surface area contributed by atoms with Crippen LogP contribution >= 0.6 is 11.3 Å². The first-order valence-electron chi connectivity index (χ1n) is 11.1. The molecule has 0 spiro atoms. The van der Waals surface area contributed by atoms with Crippen molar-refractivity contribution in [3.63, 3.8) is 0 Å². The highest BCUT2D eigenvalue weighted by Gasteiger charge is 2.31. The van der Waals surface area contributed by atoms with Crippen LogP contribution in [0, 0.1) is 0 Å². The van der Waals surface area contributed by atoms with Crippen molar-refractivity contribution < 1.29 is 13.7 Å². The SMILES string of the molecule is CC(C)(COC(N)=O)Nc1nc(N2CC=C(c3nc4ccccc4s3)CC2)nc2c1S(=O)CC2. The highest BCUT2D eigenvalue weighted by atomic mass is 32.2. The largest absolute Gasteiger partial charge is 0.447 e. The van der Waals surface area contributed by atoms with Crippen molar-refractivity contribution in [1.29, 1.82) is 0 Å². The summed E-state index contributed by atoms with van der Waals surface area (Å²) in [5.74, 6) is 1.66. The second kappa shape index (κ2) is 8.95. The van der Waals surface area contributed by atoms with Crippen molar-refractivity contribution in [2.75, 3.05) is 35.7 Å². The van der Waals surface area contributed by atoms with E-state index >= 15 is 0 Å². The zero-order chi connectivity index (χ0) is 23.9. The first-order valence-corrected chi connectivity index (χ1v) is 13.2. The van der Waals surface area contributed by atoms with Crippen molar-refractivity contribution in [3.05, 3.63) is 41.0 Å². The van der Waals surface area contributed by atoms with E-state index in [-0.39, 0.29) is 6.61 Å². The van der Waals surface area contributed by atoms with Gasteiger partial charge in [-0.15, -0.1) is 11.3 Å². The predicted molar refractivity (Wildman–Crippen MR) is 135 cm³/mol. The van der Waals surface area contributed by atoms with Crippen LogP contribution in [0.1, 0.15) is 31.0 Å². The molecule has 3 aromatic rings. The molecule has 9 nitrogen and oxygen atoms in total. The van der Waals surface area contributed by atoms with Gasteiger partial charge in [-0.3, -0.25) is 4.21 Å². The average molecular weight is 499 g/mol. The van der Waals surface area contributed by atoms with Crippen LogP contribution in [0.5, 0.6) is 0 Å². The van der Waals surface area contributed by atoms with Crippen LogP contribution in [0.3, 0.4) is 0 Å². The molecule has 0 fully saturated rings. The fourth-order valence-electron chi connectivity index (χ4n) is 4.07. The van der Waals surface area contributed by atoms with Crippen LogP contribution < -0.4 is 16.0 Å². The molecule has 178 valence electrons. The zero-order valence-corrected chi connectivity index (χ0v) is 20.7. The summed E-state index contributed by atoms with van der Waals surface area (Å²) >= 11 is 1.72. The van der Waals surface area contributed by atoms with Gasteiger partial charge in [0, 0.05) is 25.3 Å². The van der Waals surface area contributed by atoms with E-state index in [0.717, 1.165) is 29.2 Å². The smallest absolute Gasteiger partial charge is 0.404 e. The molecule has 0 radical (unpaired) electrons. The summed E-state index contributed by atoms with van der Waals surface area (Å²) in [5, 5.41) is 4.37. The topological polar surface area (TPSA) is 123 Å². The maximum absolute atomic E-state index is 12.7.